The number of piperidine rings is 1. The third kappa shape index (κ3) is 4.40. The number of nitrogens with zero attached hydrogens (tertiary/aromatic N) is 4. The van der Waals surface area contributed by atoms with E-state index in [1.807, 2.05) is 12.1 Å². The molecule has 1 unspecified atom stereocenters. The second-order valence-electron chi connectivity index (χ2n) is 9.30. The number of hydrogen-bond donors (Lipinski definition) is 2. The number of halogens is 1. The minimum Gasteiger partial charge on any atom is -0.491 e. The van der Waals surface area contributed by atoms with Crippen LogP contribution in [0.15, 0.2) is 30.5 Å². The first-order valence-electron chi connectivity index (χ1n) is 12.1. The van der Waals surface area contributed by atoms with Crippen LogP contribution in [0, 0.1) is 0 Å². The third-order valence-electron chi connectivity index (χ3n) is 6.93. The van der Waals surface area contributed by atoms with Gasteiger partial charge < -0.3 is 24.8 Å². The first-order chi connectivity index (χ1) is 17.6. The van der Waals surface area contributed by atoms with Crippen LogP contribution < -0.4 is 24.8 Å². The Morgan fingerprint density at radius 1 is 1.22 bits per heavy atom. The Kier molecular flexibility index (Phi) is 6.02. The molecule has 3 aliphatic rings. The number of methoxy groups -OCH3 is 1. The molecule has 0 aromatic carbocycles. The Labute approximate surface area is 207 Å². The molecule has 1 amide bonds. The largest absolute Gasteiger partial charge is 0.491 e. The number of anilines is 1. The SMILES string of the molecule is COc1ccc2ncc3c(c2n1)C(CN1CC[C@@H](NCc2ccc4c(n2)NC(=O)CO4)[C@@H](F)C1)CO3. The van der Waals surface area contributed by atoms with Gasteiger partial charge in [0.05, 0.1) is 31.1 Å². The molecule has 0 bridgehead atoms. The van der Waals surface area contributed by atoms with E-state index in [9.17, 15) is 4.79 Å². The molecule has 6 rings (SSSR count). The predicted molar refractivity (Wildman–Crippen MR) is 129 cm³/mol. The first-order valence-corrected chi connectivity index (χ1v) is 12.1. The van der Waals surface area contributed by atoms with Gasteiger partial charge in [-0.1, -0.05) is 0 Å². The van der Waals surface area contributed by atoms with E-state index in [1.165, 1.54) is 0 Å². The molecule has 3 atom stereocenters. The topological polar surface area (TPSA) is 111 Å². The molecule has 3 aromatic rings. The summed E-state index contributed by atoms with van der Waals surface area (Å²) in [5.74, 6) is 2.07. The highest BCUT2D eigenvalue weighted by Crippen LogP contribution is 2.39. The quantitative estimate of drug-likeness (QED) is 0.532. The molecule has 36 heavy (non-hydrogen) atoms. The van der Waals surface area contributed by atoms with Gasteiger partial charge in [0.1, 0.15) is 17.4 Å². The highest BCUT2D eigenvalue weighted by atomic mass is 19.1. The van der Waals surface area contributed by atoms with Crippen LogP contribution in [0.25, 0.3) is 11.0 Å². The Morgan fingerprint density at radius 3 is 3.00 bits per heavy atom. The van der Waals surface area contributed by atoms with Crippen molar-refractivity contribution >= 4 is 22.8 Å². The molecule has 10 nitrogen and oxygen atoms in total. The Hall–Kier alpha value is -3.57. The third-order valence-corrected chi connectivity index (χ3v) is 6.93. The molecule has 1 saturated heterocycles. The highest BCUT2D eigenvalue weighted by Gasteiger charge is 2.34. The summed E-state index contributed by atoms with van der Waals surface area (Å²) < 4.78 is 31.7. The monoisotopic (exact) mass is 494 g/mol. The van der Waals surface area contributed by atoms with Crippen LogP contribution in [-0.4, -0.2) is 77.9 Å². The van der Waals surface area contributed by atoms with Crippen LogP contribution in [0.4, 0.5) is 10.2 Å². The zero-order valence-corrected chi connectivity index (χ0v) is 19.9. The molecule has 0 spiro atoms. The summed E-state index contributed by atoms with van der Waals surface area (Å²) in [5.41, 5.74) is 3.31. The smallest absolute Gasteiger partial charge is 0.263 e. The van der Waals surface area contributed by atoms with Gasteiger partial charge >= 0.3 is 0 Å². The standard InChI is InChI=1S/C25H27FN6O4/c1-34-22-5-3-18-24(31-22)23-14(12-35-20(23)9-28-18)10-32-7-6-17(16(26)11-32)27-8-15-2-4-19-25(29-15)30-21(33)13-36-19/h2-5,9,14,16-17,27H,6-8,10-13H2,1H3,(H,29,30,33)/t14?,16-,17+/m0/s1. The molecule has 1 fully saturated rings. The fourth-order valence-corrected chi connectivity index (χ4v) is 5.11. The summed E-state index contributed by atoms with van der Waals surface area (Å²) in [6, 6.07) is 7.02. The summed E-state index contributed by atoms with van der Waals surface area (Å²) >= 11 is 0. The van der Waals surface area contributed by atoms with E-state index in [0.717, 1.165) is 34.6 Å². The van der Waals surface area contributed by atoms with Gasteiger partial charge in [-0.15, -0.1) is 0 Å². The van der Waals surface area contributed by atoms with Crippen LogP contribution in [0.5, 0.6) is 17.4 Å². The number of pyridine rings is 3. The van der Waals surface area contributed by atoms with Crippen molar-refractivity contribution in [2.75, 3.05) is 45.3 Å². The molecule has 2 N–H and O–H groups in total. The van der Waals surface area contributed by atoms with Crippen molar-refractivity contribution in [3.05, 3.63) is 41.7 Å². The van der Waals surface area contributed by atoms with Crippen molar-refractivity contribution < 1.29 is 23.4 Å². The van der Waals surface area contributed by atoms with Gasteiger partial charge in [0.15, 0.2) is 18.2 Å². The van der Waals surface area contributed by atoms with Gasteiger partial charge in [0.2, 0.25) is 5.88 Å². The number of likely N-dealkylation sites (tertiary alicyclic amines) is 1. The molecule has 0 aliphatic carbocycles. The van der Waals surface area contributed by atoms with E-state index >= 15 is 4.39 Å². The minimum absolute atomic E-state index is 0.00916. The van der Waals surface area contributed by atoms with E-state index in [0.29, 0.717) is 50.1 Å². The zero-order valence-electron chi connectivity index (χ0n) is 19.9. The van der Waals surface area contributed by atoms with Crippen molar-refractivity contribution in [2.24, 2.45) is 0 Å². The lowest BCUT2D eigenvalue weighted by molar-refractivity contribution is -0.118. The fourth-order valence-electron chi connectivity index (χ4n) is 5.11. The van der Waals surface area contributed by atoms with Gasteiger partial charge in [-0.25, -0.2) is 14.4 Å². The number of hydrogen-bond acceptors (Lipinski definition) is 9. The first kappa shape index (κ1) is 22.9. The fraction of sp³-hybridized carbons (Fsp3) is 0.440. The number of amides is 1. The van der Waals surface area contributed by atoms with Gasteiger partial charge in [-0.2, -0.15) is 0 Å². The van der Waals surface area contributed by atoms with E-state index in [1.54, 1.807) is 25.4 Å². The lowest BCUT2D eigenvalue weighted by Crippen LogP contribution is -2.51. The maximum absolute atomic E-state index is 15.2. The average molecular weight is 495 g/mol. The van der Waals surface area contributed by atoms with E-state index in [2.05, 4.69) is 30.5 Å². The Balaban J connectivity index is 1.08. The molecule has 3 aliphatic heterocycles. The number of rotatable bonds is 6. The second-order valence-corrected chi connectivity index (χ2v) is 9.30. The molecular weight excluding hydrogens is 467 g/mol. The van der Waals surface area contributed by atoms with Gasteiger partial charge in [0, 0.05) is 43.2 Å². The van der Waals surface area contributed by atoms with Crippen LogP contribution >= 0.6 is 0 Å². The van der Waals surface area contributed by atoms with Gasteiger partial charge in [-0.05, 0) is 31.2 Å². The molecule has 6 heterocycles. The molecule has 3 aromatic heterocycles. The Bertz CT molecular complexity index is 1310. The highest BCUT2D eigenvalue weighted by molar-refractivity contribution is 5.94. The number of aromatic nitrogens is 3. The molecule has 0 radical (unpaired) electrons. The van der Waals surface area contributed by atoms with Crippen LogP contribution in [0.3, 0.4) is 0 Å². The van der Waals surface area contributed by atoms with Crippen molar-refractivity contribution in [1.82, 2.24) is 25.2 Å². The summed E-state index contributed by atoms with van der Waals surface area (Å²) in [7, 11) is 1.59. The minimum atomic E-state index is -1.02. The van der Waals surface area contributed by atoms with Crippen molar-refractivity contribution in [2.45, 2.75) is 31.1 Å². The lowest BCUT2D eigenvalue weighted by atomic mass is 9.97. The van der Waals surface area contributed by atoms with Crippen molar-refractivity contribution in [3.63, 3.8) is 0 Å². The van der Waals surface area contributed by atoms with Crippen LogP contribution in [-0.2, 0) is 11.3 Å². The van der Waals surface area contributed by atoms with Gasteiger partial charge in [-0.3, -0.25) is 14.7 Å². The van der Waals surface area contributed by atoms with Crippen LogP contribution in [0.2, 0.25) is 0 Å². The lowest BCUT2D eigenvalue weighted by Gasteiger charge is -2.36. The summed E-state index contributed by atoms with van der Waals surface area (Å²) in [6.45, 7) is 2.71. The van der Waals surface area contributed by atoms with E-state index in [4.69, 9.17) is 14.2 Å². The molecular formula is C25H27FN6O4. The van der Waals surface area contributed by atoms with Crippen molar-refractivity contribution in [3.8, 4) is 17.4 Å². The van der Waals surface area contributed by atoms with E-state index < -0.39 is 6.17 Å². The number of fused-ring (bicyclic) bond motifs is 4. The van der Waals surface area contributed by atoms with Crippen molar-refractivity contribution in [1.29, 1.82) is 0 Å². The maximum atomic E-state index is 15.2. The molecule has 188 valence electrons. The number of carbonyl (C=O) groups is 1. The molecule has 0 saturated carbocycles. The maximum Gasteiger partial charge on any atom is 0.263 e. The summed E-state index contributed by atoms with van der Waals surface area (Å²) in [4.78, 5) is 27.2. The number of ether oxygens (including phenoxy) is 3. The van der Waals surface area contributed by atoms with Crippen LogP contribution in [0.1, 0.15) is 23.6 Å². The van der Waals surface area contributed by atoms with E-state index in [-0.39, 0.29) is 24.5 Å². The normalized spacial score (nSPS) is 23.4. The Morgan fingerprint density at radius 2 is 2.14 bits per heavy atom. The summed E-state index contributed by atoms with van der Waals surface area (Å²) in [6.07, 6.45) is 1.40. The predicted octanol–water partition coefficient (Wildman–Crippen LogP) is 2.04. The number of carbonyl (C=O) groups excluding carboxylic acids is 1. The second kappa shape index (κ2) is 9.47. The van der Waals surface area contributed by atoms with Gasteiger partial charge in [0.25, 0.3) is 5.91 Å². The number of alkyl halides is 1. The molecule has 11 heteroatoms. The summed E-state index contributed by atoms with van der Waals surface area (Å²) in [5, 5.41) is 6.00. The number of nitrogens with one attached hydrogen (secondary N) is 2. The zero-order chi connectivity index (χ0) is 24.6. The average Bonchev–Trinajstić information content (AvgIpc) is 3.30.